The molecule has 1 heterocycles. The predicted molar refractivity (Wildman–Crippen MR) is 113 cm³/mol. The predicted octanol–water partition coefficient (Wildman–Crippen LogP) is 1.84. The van der Waals surface area contributed by atoms with E-state index >= 15 is 0 Å². The summed E-state index contributed by atoms with van der Waals surface area (Å²) in [7, 11) is 0. The van der Waals surface area contributed by atoms with Crippen molar-refractivity contribution in [3.63, 3.8) is 0 Å². The average Bonchev–Trinajstić information content (AvgIpc) is 2.72. The highest BCUT2D eigenvalue weighted by atomic mass is 19.1. The molecule has 0 aromatic heterocycles. The highest BCUT2D eigenvalue weighted by Gasteiger charge is 2.26. The van der Waals surface area contributed by atoms with Crippen LogP contribution in [0.4, 0.5) is 10.1 Å². The molecule has 0 radical (unpaired) electrons. The number of amides is 2. The zero-order valence-electron chi connectivity index (χ0n) is 17.5. The van der Waals surface area contributed by atoms with E-state index < -0.39 is 0 Å². The topological polar surface area (TPSA) is 63.1 Å². The molecule has 2 aromatic carbocycles. The maximum atomic E-state index is 13.2. The largest absolute Gasteiger partial charge is 0.493 e. The van der Waals surface area contributed by atoms with Crippen LogP contribution in [0, 0.1) is 11.7 Å². The third-order valence-corrected chi connectivity index (χ3v) is 4.94. The molecule has 6 nitrogen and oxygen atoms in total. The van der Waals surface area contributed by atoms with Crippen LogP contribution in [0.3, 0.4) is 0 Å². The van der Waals surface area contributed by atoms with E-state index in [0.29, 0.717) is 55.7 Å². The molecule has 1 aliphatic rings. The molecule has 1 aliphatic heterocycles. The van der Waals surface area contributed by atoms with Gasteiger partial charge in [0.05, 0.1) is 32.8 Å². The molecular weight excluding hydrogens is 385 g/mol. The fourth-order valence-corrected chi connectivity index (χ4v) is 3.37. The summed E-state index contributed by atoms with van der Waals surface area (Å²) in [6.07, 6.45) is 0. The number of benzene rings is 2. The maximum Gasteiger partial charge on any atom is 0.279 e. The molecule has 0 atom stereocenters. The zero-order valence-corrected chi connectivity index (χ0v) is 17.5. The van der Waals surface area contributed by atoms with E-state index in [1.54, 1.807) is 24.3 Å². The Morgan fingerprint density at radius 1 is 1.13 bits per heavy atom. The first kappa shape index (κ1) is 21.8. The second-order valence-corrected chi connectivity index (χ2v) is 8.01. The highest BCUT2D eigenvalue weighted by Crippen LogP contribution is 2.16. The summed E-state index contributed by atoms with van der Waals surface area (Å²) in [5.74, 6) is 0.552. The van der Waals surface area contributed by atoms with Crippen LogP contribution in [0.15, 0.2) is 48.5 Å². The van der Waals surface area contributed by atoms with E-state index in [1.807, 2.05) is 17.0 Å². The van der Waals surface area contributed by atoms with Gasteiger partial charge in [-0.2, -0.15) is 0 Å². The number of halogens is 1. The van der Waals surface area contributed by atoms with Crippen molar-refractivity contribution in [3.05, 3.63) is 59.9 Å². The molecule has 30 heavy (non-hydrogen) atoms. The number of piperazine rings is 1. The fourth-order valence-electron chi connectivity index (χ4n) is 3.37. The molecule has 7 heteroatoms. The third-order valence-electron chi connectivity index (χ3n) is 4.94. The van der Waals surface area contributed by atoms with Gasteiger partial charge in [-0.1, -0.05) is 26.0 Å². The summed E-state index contributed by atoms with van der Waals surface area (Å²) in [6.45, 7) is 7.59. The van der Waals surface area contributed by atoms with E-state index in [0.717, 1.165) is 4.90 Å². The van der Waals surface area contributed by atoms with Crippen LogP contribution in [0.1, 0.15) is 24.2 Å². The average molecular weight is 415 g/mol. The molecule has 2 amide bonds. The van der Waals surface area contributed by atoms with Gasteiger partial charge in [-0.05, 0) is 42.3 Å². The first-order valence-electron chi connectivity index (χ1n) is 10.3. The number of ether oxygens (including phenoxy) is 1. The summed E-state index contributed by atoms with van der Waals surface area (Å²) >= 11 is 0. The third kappa shape index (κ3) is 6.29. The standard InChI is InChI=1S/C23H28FN3O3/c1-17(2)16-30-21-8-3-5-18(13-21)23(29)27-11-9-26(10-12-27)15-22(28)25-20-7-4-6-19(24)14-20/h3-8,13-14,17H,9-12,15-16H2,1-2H3,(H,25,28)/p+1. The quantitative estimate of drug-likeness (QED) is 0.727. The van der Waals surface area contributed by atoms with Crippen molar-refractivity contribution < 1.29 is 23.6 Å². The van der Waals surface area contributed by atoms with Gasteiger partial charge >= 0.3 is 0 Å². The van der Waals surface area contributed by atoms with E-state index in [-0.39, 0.29) is 24.2 Å². The summed E-state index contributed by atoms with van der Waals surface area (Å²) in [6, 6.07) is 13.1. The Morgan fingerprint density at radius 2 is 1.87 bits per heavy atom. The molecule has 1 saturated heterocycles. The highest BCUT2D eigenvalue weighted by molar-refractivity contribution is 5.94. The molecule has 160 valence electrons. The Kier molecular flexibility index (Phi) is 7.41. The number of hydrogen-bond donors (Lipinski definition) is 2. The number of rotatable bonds is 7. The van der Waals surface area contributed by atoms with Gasteiger partial charge in [-0.25, -0.2) is 4.39 Å². The van der Waals surface area contributed by atoms with Crippen LogP contribution in [0.25, 0.3) is 0 Å². The molecule has 3 rings (SSSR count). The van der Waals surface area contributed by atoms with E-state index in [9.17, 15) is 14.0 Å². The first-order valence-corrected chi connectivity index (χ1v) is 10.3. The van der Waals surface area contributed by atoms with Crippen molar-refractivity contribution in [2.75, 3.05) is 44.6 Å². The molecule has 0 unspecified atom stereocenters. The first-order chi connectivity index (χ1) is 14.4. The Hall–Kier alpha value is -2.93. The van der Waals surface area contributed by atoms with Gasteiger partial charge in [0.2, 0.25) is 0 Å². The maximum absolute atomic E-state index is 13.2. The van der Waals surface area contributed by atoms with Crippen molar-refractivity contribution in [1.29, 1.82) is 0 Å². The van der Waals surface area contributed by atoms with Crippen molar-refractivity contribution >= 4 is 17.5 Å². The van der Waals surface area contributed by atoms with Crippen LogP contribution in [0.2, 0.25) is 0 Å². The normalized spacial score (nSPS) is 14.6. The van der Waals surface area contributed by atoms with Crippen molar-refractivity contribution in [1.82, 2.24) is 4.90 Å². The summed E-state index contributed by atoms with van der Waals surface area (Å²) < 4.78 is 19.0. The summed E-state index contributed by atoms with van der Waals surface area (Å²) in [4.78, 5) is 28.0. The monoisotopic (exact) mass is 414 g/mol. The van der Waals surface area contributed by atoms with Gasteiger partial charge in [0, 0.05) is 11.3 Å². The SMILES string of the molecule is CC(C)COc1cccc(C(=O)N2CC[NH+](CC(=O)Nc3cccc(F)c3)CC2)c1. The van der Waals surface area contributed by atoms with Crippen molar-refractivity contribution in [3.8, 4) is 5.75 Å². The van der Waals surface area contributed by atoms with Crippen molar-refractivity contribution in [2.24, 2.45) is 5.92 Å². The van der Waals surface area contributed by atoms with Gasteiger partial charge in [0.25, 0.3) is 11.8 Å². The molecule has 0 spiro atoms. The second kappa shape index (κ2) is 10.2. The lowest BCUT2D eigenvalue weighted by atomic mass is 10.1. The smallest absolute Gasteiger partial charge is 0.279 e. The molecule has 2 aromatic rings. The molecule has 0 saturated carbocycles. The Morgan fingerprint density at radius 3 is 2.57 bits per heavy atom. The number of nitrogens with one attached hydrogen (secondary N) is 2. The lowest BCUT2D eigenvalue weighted by molar-refractivity contribution is -0.895. The van der Waals surface area contributed by atoms with Crippen LogP contribution in [0.5, 0.6) is 5.75 Å². The molecule has 0 aliphatic carbocycles. The Balaban J connectivity index is 1.48. The second-order valence-electron chi connectivity index (χ2n) is 8.01. The number of hydrogen-bond acceptors (Lipinski definition) is 3. The minimum atomic E-state index is -0.383. The van der Waals surface area contributed by atoms with E-state index in [1.165, 1.54) is 12.1 Å². The van der Waals surface area contributed by atoms with Gasteiger partial charge in [-0.3, -0.25) is 9.59 Å². The number of carbonyl (C=O) groups is 2. The van der Waals surface area contributed by atoms with Crippen LogP contribution < -0.4 is 15.0 Å². The zero-order chi connectivity index (χ0) is 21.5. The summed E-state index contributed by atoms with van der Waals surface area (Å²) in [5.41, 5.74) is 1.07. The molecular formula is C23H29FN3O3+. The van der Waals surface area contributed by atoms with E-state index in [2.05, 4.69) is 19.2 Å². The van der Waals surface area contributed by atoms with Crippen LogP contribution in [-0.4, -0.2) is 56.0 Å². The van der Waals surface area contributed by atoms with Crippen LogP contribution in [-0.2, 0) is 4.79 Å². The number of quaternary nitrogens is 1. The summed E-state index contributed by atoms with van der Waals surface area (Å²) in [5, 5.41) is 2.72. The minimum absolute atomic E-state index is 0.0201. The van der Waals surface area contributed by atoms with Crippen LogP contribution >= 0.6 is 0 Å². The van der Waals surface area contributed by atoms with E-state index in [4.69, 9.17) is 4.74 Å². The minimum Gasteiger partial charge on any atom is -0.493 e. The molecule has 0 bridgehead atoms. The molecule has 2 N–H and O–H groups in total. The lowest BCUT2D eigenvalue weighted by Crippen LogP contribution is -3.15. The molecule has 1 fully saturated rings. The van der Waals surface area contributed by atoms with Crippen molar-refractivity contribution in [2.45, 2.75) is 13.8 Å². The lowest BCUT2D eigenvalue weighted by Gasteiger charge is -2.32. The number of nitrogens with zero attached hydrogens (tertiary/aromatic N) is 1. The number of anilines is 1. The Labute approximate surface area is 176 Å². The van der Waals surface area contributed by atoms with Gasteiger partial charge in [0.1, 0.15) is 11.6 Å². The van der Waals surface area contributed by atoms with Gasteiger partial charge < -0.3 is 19.9 Å². The number of carbonyl (C=O) groups excluding carboxylic acids is 2. The Bertz CT molecular complexity index is 880. The van der Waals surface area contributed by atoms with Gasteiger partial charge in [0.15, 0.2) is 6.54 Å². The fraction of sp³-hybridized carbons (Fsp3) is 0.391. The van der Waals surface area contributed by atoms with Gasteiger partial charge in [-0.15, -0.1) is 0 Å².